The van der Waals surface area contributed by atoms with Crippen molar-refractivity contribution in [2.75, 3.05) is 0 Å². The fourth-order valence-electron chi connectivity index (χ4n) is 3.86. The summed E-state index contributed by atoms with van der Waals surface area (Å²) < 4.78 is 0. The molecule has 0 amide bonds. The Bertz CT molecular complexity index is 420. The lowest BCUT2D eigenvalue weighted by atomic mass is 9.76. The van der Waals surface area contributed by atoms with E-state index < -0.39 is 5.60 Å². The van der Waals surface area contributed by atoms with Gasteiger partial charge in [0.05, 0.1) is 5.60 Å². The van der Waals surface area contributed by atoms with Crippen LogP contribution in [0.5, 0.6) is 0 Å². The van der Waals surface area contributed by atoms with Crippen LogP contribution < -0.4 is 0 Å². The maximum atomic E-state index is 10.9. The van der Waals surface area contributed by atoms with Gasteiger partial charge in [-0.1, -0.05) is 75.6 Å². The molecule has 1 aliphatic carbocycles. The van der Waals surface area contributed by atoms with E-state index in [-0.39, 0.29) is 0 Å². The summed E-state index contributed by atoms with van der Waals surface area (Å²) in [5.41, 5.74) is 0.951. The predicted octanol–water partition coefficient (Wildman–Crippen LogP) is 6.16. The third kappa shape index (κ3) is 5.93. The van der Waals surface area contributed by atoms with Crippen LogP contribution in [-0.4, -0.2) is 10.7 Å². The molecule has 1 nitrogen and oxygen atoms in total. The van der Waals surface area contributed by atoms with Crippen molar-refractivity contribution in [3.8, 4) is 0 Å². The molecule has 0 aromatic heterocycles. The molecule has 0 bridgehead atoms. The molecular weight excluding hydrogens is 292 g/mol. The van der Waals surface area contributed by atoms with Gasteiger partial charge in [0.2, 0.25) is 0 Å². The lowest BCUT2D eigenvalue weighted by Crippen LogP contribution is -2.34. The monoisotopic (exact) mass is 322 g/mol. The van der Waals surface area contributed by atoms with Crippen molar-refractivity contribution in [3.05, 3.63) is 34.9 Å². The van der Waals surface area contributed by atoms with E-state index in [1.165, 1.54) is 50.5 Å². The van der Waals surface area contributed by atoms with Crippen molar-refractivity contribution in [1.29, 1.82) is 0 Å². The highest BCUT2D eigenvalue weighted by molar-refractivity contribution is 6.30. The van der Waals surface area contributed by atoms with Crippen LogP contribution in [0.1, 0.15) is 76.7 Å². The third-order valence-corrected chi connectivity index (χ3v) is 5.36. The minimum absolute atomic E-state index is 0.401. The largest absolute Gasteiger partial charge is 0.390 e. The molecule has 0 heterocycles. The van der Waals surface area contributed by atoms with Crippen molar-refractivity contribution >= 4 is 11.6 Å². The number of hydrogen-bond donors (Lipinski definition) is 1. The van der Waals surface area contributed by atoms with E-state index in [0.717, 1.165) is 30.7 Å². The molecule has 0 saturated heterocycles. The number of benzene rings is 1. The summed E-state index contributed by atoms with van der Waals surface area (Å²) in [6.07, 6.45) is 12.8. The first-order valence-corrected chi connectivity index (χ1v) is 9.46. The molecule has 2 rings (SSSR count). The molecule has 124 valence electrons. The van der Waals surface area contributed by atoms with Crippen LogP contribution in [0.2, 0.25) is 5.02 Å². The molecule has 1 N–H and O–H groups in total. The summed E-state index contributed by atoms with van der Waals surface area (Å²) in [5.74, 6) is 0.593. The van der Waals surface area contributed by atoms with Gasteiger partial charge in [-0.05, 0) is 49.3 Å². The summed E-state index contributed by atoms with van der Waals surface area (Å²) >= 11 is 5.99. The number of hydrogen-bond acceptors (Lipinski definition) is 1. The van der Waals surface area contributed by atoms with E-state index >= 15 is 0 Å². The van der Waals surface area contributed by atoms with Gasteiger partial charge in [-0.2, -0.15) is 0 Å². The first-order chi connectivity index (χ1) is 10.6. The zero-order valence-corrected chi connectivity index (χ0v) is 14.7. The van der Waals surface area contributed by atoms with Gasteiger partial charge < -0.3 is 5.11 Å². The van der Waals surface area contributed by atoms with Crippen LogP contribution >= 0.6 is 11.6 Å². The van der Waals surface area contributed by atoms with Crippen molar-refractivity contribution in [2.24, 2.45) is 5.92 Å². The van der Waals surface area contributed by atoms with Crippen molar-refractivity contribution in [3.63, 3.8) is 0 Å². The summed E-state index contributed by atoms with van der Waals surface area (Å²) in [6.45, 7) is 2.25. The number of unbranched alkanes of at least 4 members (excludes halogenated alkanes) is 2. The van der Waals surface area contributed by atoms with Gasteiger partial charge in [0.15, 0.2) is 0 Å². The fraction of sp³-hybridized carbons (Fsp3) is 0.700. The molecule has 1 aromatic carbocycles. The van der Waals surface area contributed by atoms with Crippen molar-refractivity contribution in [2.45, 2.75) is 83.2 Å². The highest BCUT2D eigenvalue weighted by Crippen LogP contribution is 2.36. The quantitative estimate of drug-likeness (QED) is 0.568. The Kier molecular flexibility index (Phi) is 7.24. The second-order valence-corrected chi connectivity index (χ2v) is 7.62. The molecule has 0 aliphatic heterocycles. The summed E-state index contributed by atoms with van der Waals surface area (Å²) in [7, 11) is 0. The van der Waals surface area contributed by atoms with E-state index in [0.29, 0.717) is 5.92 Å². The molecule has 1 atom stereocenters. The van der Waals surface area contributed by atoms with E-state index in [4.69, 9.17) is 11.6 Å². The van der Waals surface area contributed by atoms with Gasteiger partial charge in [-0.15, -0.1) is 0 Å². The van der Waals surface area contributed by atoms with Crippen molar-refractivity contribution in [1.82, 2.24) is 0 Å². The van der Waals surface area contributed by atoms with Gasteiger partial charge >= 0.3 is 0 Å². The molecule has 0 radical (unpaired) electrons. The van der Waals surface area contributed by atoms with Crippen LogP contribution in [-0.2, 0) is 6.42 Å². The highest BCUT2D eigenvalue weighted by atomic mass is 35.5. The van der Waals surface area contributed by atoms with Crippen LogP contribution in [0.25, 0.3) is 0 Å². The predicted molar refractivity (Wildman–Crippen MR) is 95.4 cm³/mol. The number of aliphatic hydroxyl groups is 1. The summed E-state index contributed by atoms with van der Waals surface area (Å²) in [4.78, 5) is 0. The van der Waals surface area contributed by atoms with Crippen LogP contribution in [0.15, 0.2) is 24.3 Å². The Morgan fingerprint density at radius 3 is 2.41 bits per heavy atom. The molecule has 22 heavy (non-hydrogen) atoms. The average molecular weight is 323 g/mol. The zero-order valence-electron chi connectivity index (χ0n) is 14.0. The maximum Gasteiger partial charge on any atom is 0.0650 e. The van der Waals surface area contributed by atoms with Gasteiger partial charge in [-0.25, -0.2) is 0 Å². The minimum Gasteiger partial charge on any atom is -0.390 e. The second kappa shape index (κ2) is 8.93. The third-order valence-electron chi connectivity index (χ3n) is 5.11. The minimum atomic E-state index is -0.401. The van der Waals surface area contributed by atoms with E-state index in [1.807, 2.05) is 12.1 Å². The molecule has 2 heteroatoms. The van der Waals surface area contributed by atoms with Crippen molar-refractivity contribution < 1.29 is 5.11 Å². The van der Waals surface area contributed by atoms with E-state index in [1.54, 1.807) is 0 Å². The normalized spacial score (nSPS) is 19.0. The lowest BCUT2D eigenvalue weighted by Gasteiger charge is -2.35. The van der Waals surface area contributed by atoms with Crippen LogP contribution in [0, 0.1) is 5.92 Å². The molecule has 1 unspecified atom stereocenters. The fourth-order valence-corrected chi connectivity index (χ4v) is 3.99. The van der Waals surface area contributed by atoms with E-state index in [9.17, 15) is 5.11 Å². The number of halogens is 1. The van der Waals surface area contributed by atoms with E-state index in [2.05, 4.69) is 19.1 Å². The average Bonchev–Trinajstić information content (AvgIpc) is 2.50. The molecule has 1 aliphatic rings. The summed E-state index contributed by atoms with van der Waals surface area (Å²) in [6, 6.07) is 8.24. The topological polar surface area (TPSA) is 20.2 Å². The Balaban J connectivity index is 1.96. The van der Waals surface area contributed by atoms with Gasteiger partial charge in [0, 0.05) is 5.02 Å². The first kappa shape index (κ1) is 17.8. The van der Waals surface area contributed by atoms with Gasteiger partial charge in [0.1, 0.15) is 0 Å². The first-order valence-electron chi connectivity index (χ1n) is 9.08. The SMILES string of the molecule is CCCCCC(Cc1ccc(Cl)cc1)CC1(O)CCCCC1. The van der Waals surface area contributed by atoms with Crippen LogP contribution in [0.3, 0.4) is 0 Å². The number of rotatable bonds is 8. The Morgan fingerprint density at radius 2 is 1.77 bits per heavy atom. The second-order valence-electron chi connectivity index (χ2n) is 7.18. The summed E-state index contributed by atoms with van der Waals surface area (Å²) in [5, 5.41) is 11.7. The molecular formula is C20H31ClO. The smallest absolute Gasteiger partial charge is 0.0650 e. The van der Waals surface area contributed by atoms with Gasteiger partial charge in [-0.3, -0.25) is 0 Å². The lowest BCUT2D eigenvalue weighted by molar-refractivity contribution is -0.0188. The molecule has 0 spiro atoms. The zero-order chi connectivity index (χ0) is 15.8. The molecule has 1 fully saturated rings. The Hall–Kier alpha value is -0.530. The standard InChI is InChI=1S/C20H31ClO/c1-2-3-5-8-18(15-17-9-11-19(21)12-10-17)16-20(22)13-6-4-7-14-20/h9-12,18,22H,2-8,13-16H2,1H3. The molecule has 1 saturated carbocycles. The maximum absolute atomic E-state index is 10.9. The van der Waals surface area contributed by atoms with Crippen LogP contribution in [0.4, 0.5) is 0 Å². The Labute approximate surface area is 141 Å². The van der Waals surface area contributed by atoms with Gasteiger partial charge in [0.25, 0.3) is 0 Å². The molecule has 1 aromatic rings. The Morgan fingerprint density at radius 1 is 1.09 bits per heavy atom. The highest BCUT2D eigenvalue weighted by Gasteiger charge is 2.31.